The van der Waals surface area contributed by atoms with Crippen LogP contribution in [0.15, 0.2) is 78.9 Å². The largest absolute Gasteiger partial charge is 0.493 e. The van der Waals surface area contributed by atoms with Crippen LogP contribution in [0.3, 0.4) is 0 Å². The minimum Gasteiger partial charge on any atom is -0.493 e. The van der Waals surface area contributed by atoms with Gasteiger partial charge in [0.15, 0.2) is 0 Å². The number of aromatic nitrogens is 2. The topological polar surface area (TPSA) is 75.2 Å². The third kappa shape index (κ3) is 3.78. The van der Waals surface area contributed by atoms with Gasteiger partial charge in [-0.15, -0.1) is 0 Å². The Morgan fingerprint density at radius 2 is 1.75 bits per heavy atom. The van der Waals surface area contributed by atoms with Gasteiger partial charge in [0.25, 0.3) is 0 Å². The summed E-state index contributed by atoms with van der Waals surface area (Å²) in [6.45, 7) is 0.550. The van der Waals surface area contributed by atoms with E-state index in [1.165, 1.54) is 23.8 Å². The van der Waals surface area contributed by atoms with Crippen LogP contribution in [-0.4, -0.2) is 27.7 Å². The van der Waals surface area contributed by atoms with E-state index in [0.717, 1.165) is 17.4 Å². The summed E-state index contributed by atoms with van der Waals surface area (Å²) in [6, 6.07) is 23.4. The zero-order valence-electron chi connectivity index (χ0n) is 17.0. The number of nitrogens with one attached hydrogen (secondary N) is 1. The van der Waals surface area contributed by atoms with Crippen molar-refractivity contribution in [2.24, 2.45) is 0 Å². The normalized spacial score (nSPS) is 11.2. The fourth-order valence-electron chi connectivity index (χ4n) is 3.83. The number of halogens is 1. The Hall–Kier alpha value is -4.19. The first-order valence-electron chi connectivity index (χ1n) is 10.2. The molecule has 2 heterocycles. The second-order valence-electron chi connectivity index (χ2n) is 7.51. The van der Waals surface area contributed by atoms with Gasteiger partial charge in [-0.1, -0.05) is 30.3 Å². The van der Waals surface area contributed by atoms with Crippen molar-refractivity contribution < 1.29 is 19.0 Å². The molecule has 0 bridgehead atoms. The number of H-pyrrole nitrogens is 1. The van der Waals surface area contributed by atoms with Crippen LogP contribution in [0.1, 0.15) is 16.1 Å². The standard InChI is InChI=1S/C26H19FN2O3/c27-18-8-11-20-21-15-23(26(30)31)29-24(25(21)28-22(20)14-18)17-6-9-19(10-7-17)32-13-12-16-4-2-1-3-5-16/h1-11,14-15,28H,12-13H2,(H,30,31). The van der Waals surface area contributed by atoms with Crippen molar-refractivity contribution in [3.63, 3.8) is 0 Å². The van der Waals surface area contributed by atoms with E-state index in [9.17, 15) is 14.3 Å². The van der Waals surface area contributed by atoms with Crippen LogP contribution < -0.4 is 4.74 Å². The predicted molar refractivity (Wildman–Crippen MR) is 122 cm³/mol. The number of hydrogen-bond acceptors (Lipinski definition) is 3. The summed E-state index contributed by atoms with van der Waals surface area (Å²) in [5, 5.41) is 11.0. The number of carboxylic acids is 1. The van der Waals surface area contributed by atoms with Gasteiger partial charge < -0.3 is 14.8 Å². The zero-order chi connectivity index (χ0) is 22.1. The van der Waals surface area contributed by atoms with E-state index in [-0.39, 0.29) is 11.5 Å². The maximum atomic E-state index is 13.7. The number of ether oxygens (including phenoxy) is 1. The van der Waals surface area contributed by atoms with Crippen LogP contribution in [0.25, 0.3) is 33.1 Å². The molecule has 6 heteroatoms. The maximum Gasteiger partial charge on any atom is 0.354 e. The zero-order valence-corrected chi connectivity index (χ0v) is 17.0. The average molecular weight is 426 g/mol. The number of pyridine rings is 1. The van der Waals surface area contributed by atoms with Gasteiger partial charge in [-0.05, 0) is 54.1 Å². The molecule has 0 amide bonds. The van der Waals surface area contributed by atoms with E-state index < -0.39 is 5.97 Å². The molecule has 0 fully saturated rings. The van der Waals surface area contributed by atoms with Gasteiger partial charge in [-0.2, -0.15) is 0 Å². The second-order valence-corrected chi connectivity index (χ2v) is 7.51. The Balaban J connectivity index is 1.48. The Labute approximate surface area is 183 Å². The molecule has 32 heavy (non-hydrogen) atoms. The highest BCUT2D eigenvalue weighted by Gasteiger charge is 2.17. The number of carboxylic acid groups (broad SMARTS) is 1. The number of aromatic carboxylic acids is 1. The van der Waals surface area contributed by atoms with Crippen molar-refractivity contribution in [1.29, 1.82) is 0 Å². The molecule has 0 aliphatic heterocycles. The first-order chi connectivity index (χ1) is 15.6. The number of aromatic amines is 1. The maximum absolute atomic E-state index is 13.7. The van der Waals surface area contributed by atoms with Crippen molar-refractivity contribution in [2.75, 3.05) is 6.61 Å². The monoisotopic (exact) mass is 426 g/mol. The summed E-state index contributed by atoms with van der Waals surface area (Å²) < 4.78 is 19.6. The van der Waals surface area contributed by atoms with Gasteiger partial charge in [0, 0.05) is 28.3 Å². The molecule has 0 radical (unpaired) electrons. The molecule has 2 aromatic heterocycles. The highest BCUT2D eigenvalue weighted by molar-refractivity contribution is 6.12. The molecule has 0 unspecified atom stereocenters. The van der Waals surface area contributed by atoms with E-state index in [1.54, 1.807) is 6.07 Å². The number of nitrogens with zero attached hydrogens (tertiary/aromatic N) is 1. The summed E-state index contributed by atoms with van der Waals surface area (Å²) in [7, 11) is 0. The summed E-state index contributed by atoms with van der Waals surface area (Å²) in [5.74, 6) is -0.770. The first kappa shape index (κ1) is 19.8. The molecule has 2 N–H and O–H groups in total. The van der Waals surface area contributed by atoms with Crippen LogP contribution in [-0.2, 0) is 6.42 Å². The molecule has 0 atom stereocenters. The Kier molecular flexibility index (Phi) is 5.03. The van der Waals surface area contributed by atoms with E-state index in [2.05, 4.69) is 22.1 Å². The molecule has 0 spiro atoms. The van der Waals surface area contributed by atoms with E-state index in [0.29, 0.717) is 34.5 Å². The molecule has 0 aliphatic rings. The highest BCUT2D eigenvalue weighted by Crippen LogP contribution is 2.33. The third-order valence-corrected chi connectivity index (χ3v) is 5.40. The minimum absolute atomic E-state index is 0.0686. The quantitative estimate of drug-likeness (QED) is 0.358. The van der Waals surface area contributed by atoms with E-state index in [4.69, 9.17) is 4.74 Å². The van der Waals surface area contributed by atoms with Crippen LogP contribution in [0.5, 0.6) is 5.75 Å². The lowest BCUT2D eigenvalue weighted by molar-refractivity contribution is 0.0691. The fraction of sp³-hybridized carbons (Fsp3) is 0.0769. The third-order valence-electron chi connectivity index (χ3n) is 5.40. The number of rotatable bonds is 6. The van der Waals surface area contributed by atoms with Gasteiger partial charge in [-0.3, -0.25) is 0 Å². The van der Waals surface area contributed by atoms with Crippen LogP contribution in [0, 0.1) is 5.82 Å². The van der Waals surface area contributed by atoms with Crippen molar-refractivity contribution >= 4 is 27.8 Å². The van der Waals surface area contributed by atoms with Crippen LogP contribution in [0.2, 0.25) is 0 Å². The number of carbonyl (C=O) groups is 1. The Bertz CT molecular complexity index is 1430. The van der Waals surface area contributed by atoms with Gasteiger partial charge in [-0.25, -0.2) is 14.2 Å². The molecule has 5 nitrogen and oxygen atoms in total. The second kappa shape index (κ2) is 8.15. The lowest BCUT2D eigenvalue weighted by Crippen LogP contribution is -2.02. The molecule has 5 rings (SSSR count). The van der Waals surface area contributed by atoms with Crippen LogP contribution >= 0.6 is 0 Å². The van der Waals surface area contributed by atoms with Gasteiger partial charge in [0.1, 0.15) is 17.3 Å². The van der Waals surface area contributed by atoms with Crippen molar-refractivity contribution in [1.82, 2.24) is 9.97 Å². The van der Waals surface area contributed by atoms with E-state index in [1.807, 2.05) is 42.5 Å². The Morgan fingerprint density at radius 3 is 2.50 bits per heavy atom. The molecule has 5 aromatic rings. The summed E-state index contributed by atoms with van der Waals surface area (Å²) in [5.41, 5.74) is 3.62. The molecular weight excluding hydrogens is 407 g/mol. The minimum atomic E-state index is -1.12. The summed E-state index contributed by atoms with van der Waals surface area (Å²) in [6.07, 6.45) is 0.803. The lowest BCUT2D eigenvalue weighted by atomic mass is 10.1. The Morgan fingerprint density at radius 1 is 0.969 bits per heavy atom. The molecule has 0 saturated carbocycles. The first-order valence-corrected chi connectivity index (χ1v) is 10.2. The fourth-order valence-corrected chi connectivity index (χ4v) is 3.83. The summed E-state index contributed by atoms with van der Waals surface area (Å²) in [4.78, 5) is 19.2. The SMILES string of the molecule is O=C(O)c1cc2c([nH]c3cc(F)ccc32)c(-c2ccc(OCCc3ccccc3)cc2)n1. The predicted octanol–water partition coefficient (Wildman–Crippen LogP) is 5.84. The van der Waals surface area contributed by atoms with Gasteiger partial charge in [0.2, 0.25) is 0 Å². The lowest BCUT2D eigenvalue weighted by Gasteiger charge is -2.09. The molecule has 3 aromatic carbocycles. The smallest absolute Gasteiger partial charge is 0.354 e. The van der Waals surface area contributed by atoms with Gasteiger partial charge in [0.05, 0.1) is 17.8 Å². The van der Waals surface area contributed by atoms with Gasteiger partial charge >= 0.3 is 5.97 Å². The molecule has 158 valence electrons. The molecule has 0 aliphatic carbocycles. The highest BCUT2D eigenvalue weighted by atomic mass is 19.1. The van der Waals surface area contributed by atoms with Crippen molar-refractivity contribution in [3.8, 4) is 17.0 Å². The molecular formula is C26H19FN2O3. The molecule has 0 saturated heterocycles. The number of benzene rings is 3. The summed E-state index contributed by atoms with van der Waals surface area (Å²) >= 11 is 0. The van der Waals surface area contributed by atoms with Crippen molar-refractivity contribution in [2.45, 2.75) is 6.42 Å². The number of hydrogen-bond donors (Lipinski definition) is 2. The van der Waals surface area contributed by atoms with E-state index >= 15 is 0 Å². The average Bonchev–Trinajstić information content (AvgIpc) is 3.17. The van der Waals surface area contributed by atoms with Crippen molar-refractivity contribution in [3.05, 3.63) is 95.9 Å². The van der Waals surface area contributed by atoms with Crippen LogP contribution in [0.4, 0.5) is 4.39 Å². The number of fused-ring (bicyclic) bond motifs is 3.